The van der Waals surface area contributed by atoms with Crippen molar-refractivity contribution in [2.75, 3.05) is 11.0 Å². The van der Waals surface area contributed by atoms with Gasteiger partial charge in [-0.2, -0.15) is 8.78 Å². The Labute approximate surface area is 180 Å². The van der Waals surface area contributed by atoms with Crippen LogP contribution in [0.5, 0.6) is 11.5 Å². The number of nitrogens with one attached hydrogen (secondary N) is 1. The number of anilines is 1. The lowest BCUT2D eigenvalue weighted by Gasteiger charge is -2.30. The zero-order valence-electron chi connectivity index (χ0n) is 15.6. The standard InChI is InChI=1S/C21H16BrF2NO4S/c1-30(26,27)25-14-9-10-15-16(11-14)20(12-5-7-13(22)8-6-12)28-17-3-2-4-18(19(15)17)29-21(23)24/h2-11,20-21,25H,1H3. The smallest absolute Gasteiger partial charge is 0.387 e. The van der Waals surface area contributed by atoms with Crippen LogP contribution in [-0.2, 0) is 10.0 Å². The molecule has 1 atom stereocenters. The Bertz CT molecular complexity index is 1200. The first-order chi connectivity index (χ1) is 14.2. The zero-order chi connectivity index (χ0) is 21.5. The number of alkyl halides is 2. The van der Waals surface area contributed by atoms with Gasteiger partial charge in [-0.1, -0.05) is 40.2 Å². The summed E-state index contributed by atoms with van der Waals surface area (Å²) in [5.41, 5.74) is 2.81. The van der Waals surface area contributed by atoms with Crippen LogP contribution < -0.4 is 14.2 Å². The average molecular weight is 496 g/mol. The Morgan fingerprint density at radius 3 is 2.50 bits per heavy atom. The van der Waals surface area contributed by atoms with Gasteiger partial charge in [0.05, 0.1) is 11.8 Å². The van der Waals surface area contributed by atoms with Crippen LogP contribution in [0.3, 0.4) is 0 Å². The molecule has 0 saturated carbocycles. The van der Waals surface area contributed by atoms with Crippen molar-refractivity contribution in [2.45, 2.75) is 12.7 Å². The van der Waals surface area contributed by atoms with Gasteiger partial charge in [0, 0.05) is 15.7 Å². The van der Waals surface area contributed by atoms with E-state index in [1.165, 1.54) is 6.07 Å². The fourth-order valence-corrected chi connectivity index (χ4v) is 4.25. The van der Waals surface area contributed by atoms with Gasteiger partial charge in [0.1, 0.15) is 17.6 Å². The van der Waals surface area contributed by atoms with Crippen molar-refractivity contribution in [3.8, 4) is 22.6 Å². The minimum atomic E-state index is -3.50. The first kappa shape index (κ1) is 20.6. The molecule has 156 valence electrons. The molecule has 0 aromatic heterocycles. The number of ether oxygens (including phenoxy) is 2. The van der Waals surface area contributed by atoms with E-state index >= 15 is 0 Å². The lowest BCUT2D eigenvalue weighted by molar-refractivity contribution is -0.0496. The van der Waals surface area contributed by atoms with Gasteiger partial charge in [0.25, 0.3) is 0 Å². The zero-order valence-corrected chi connectivity index (χ0v) is 18.0. The quantitative estimate of drug-likeness (QED) is 0.502. The minimum absolute atomic E-state index is 0.0122. The molecule has 0 aliphatic carbocycles. The van der Waals surface area contributed by atoms with Crippen LogP contribution in [0.1, 0.15) is 17.2 Å². The molecule has 1 unspecified atom stereocenters. The molecule has 0 fully saturated rings. The van der Waals surface area contributed by atoms with Crippen LogP contribution in [0.4, 0.5) is 14.5 Å². The number of rotatable bonds is 5. The molecular formula is C21H16BrF2NO4S. The summed E-state index contributed by atoms with van der Waals surface area (Å²) in [4.78, 5) is 0. The topological polar surface area (TPSA) is 64.6 Å². The maximum absolute atomic E-state index is 13.0. The molecule has 1 aliphatic rings. The third-order valence-electron chi connectivity index (χ3n) is 4.53. The average Bonchev–Trinajstić information content (AvgIpc) is 2.66. The Hall–Kier alpha value is -2.65. The van der Waals surface area contributed by atoms with Crippen molar-refractivity contribution in [1.29, 1.82) is 0 Å². The van der Waals surface area contributed by atoms with Crippen LogP contribution in [0.25, 0.3) is 11.1 Å². The highest BCUT2D eigenvalue weighted by Crippen LogP contribution is 2.49. The molecule has 1 heterocycles. The molecule has 0 radical (unpaired) electrons. The van der Waals surface area contributed by atoms with Crippen LogP contribution in [0.2, 0.25) is 0 Å². The lowest BCUT2D eigenvalue weighted by Crippen LogP contribution is -2.17. The Morgan fingerprint density at radius 2 is 1.83 bits per heavy atom. The van der Waals surface area contributed by atoms with Gasteiger partial charge in [-0.25, -0.2) is 8.42 Å². The van der Waals surface area contributed by atoms with Crippen molar-refractivity contribution in [2.24, 2.45) is 0 Å². The first-order valence-corrected chi connectivity index (χ1v) is 11.5. The van der Waals surface area contributed by atoms with E-state index in [2.05, 4.69) is 20.7 Å². The molecule has 4 rings (SSSR count). The summed E-state index contributed by atoms with van der Waals surface area (Å²) in [5, 5.41) is 0. The number of benzene rings is 3. The van der Waals surface area contributed by atoms with Gasteiger partial charge in [-0.15, -0.1) is 0 Å². The molecule has 9 heteroatoms. The van der Waals surface area contributed by atoms with Gasteiger partial charge >= 0.3 is 6.61 Å². The van der Waals surface area contributed by atoms with Crippen LogP contribution in [0.15, 0.2) is 65.1 Å². The molecular weight excluding hydrogens is 480 g/mol. The van der Waals surface area contributed by atoms with Crippen LogP contribution >= 0.6 is 15.9 Å². The van der Waals surface area contributed by atoms with Crippen molar-refractivity contribution in [3.05, 3.63) is 76.3 Å². The third-order valence-corrected chi connectivity index (χ3v) is 5.66. The molecule has 0 spiro atoms. The summed E-state index contributed by atoms with van der Waals surface area (Å²) >= 11 is 3.40. The second-order valence-electron chi connectivity index (χ2n) is 6.73. The minimum Gasteiger partial charge on any atom is -0.480 e. The third kappa shape index (κ3) is 4.27. The molecule has 0 amide bonds. The number of fused-ring (bicyclic) bond motifs is 3. The Kier molecular flexibility index (Phi) is 5.42. The highest BCUT2D eigenvalue weighted by molar-refractivity contribution is 9.10. The van der Waals surface area contributed by atoms with E-state index in [1.54, 1.807) is 30.3 Å². The molecule has 3 aromatic rings. The molecule has 0 bridgehead atoms. The van der Waals surface area contributed by atoms with Crippen molar-refractivity contribution in [1.82, 2.24) is 0 Å². The number of hydrogen-bond donors (Lipinski definition) is 1. The summed E-state index contributed by atoms with van der Waals surface area (Å²) < 4.78 is 63.5. The summed E-state index contributed by atoms with van der Waals surface area (Å²) in [6.45, 7) is -2.99. The Morgan fingerprint density at radius 1 is 1.10 bits per heavy atom. The fourth-order valence-electron chi connectivity index (χ4n) is 3.43. The van der Waals surface area contributed by atoms with Crippen molar-refractivity contribution >= 4 is 31.6 Å². The number of hydrogen-bond acceptors (Lipinski definition) is 4. The maximum atomic E-state index is 13.0. The number of halogens is 3. The van der Waals surface area contributed by atoms with E-state index in [-0.39, 0.29) is 5.75 Å². The second-order valence-corrected chi connectivity index (χ2v) is 9.40. The predicted molar refractivity (Wildman–Crippen MR) is 114 cm³/mol. The molecule has 3 aromatic carbocycles. The van der Waals surface area contributed by atoms with Gasteiger partial charge in [0.2, 0.25) is 10.0 Å². The van der Waals surface area contributed by atoms with E-state index in [4.69, 9.17) is 9.47 Å². The largest absolute Gasteiger partial charge is 0.480 e. The van der Waals surface area contributed by atoms with Crippen LogP contribution in [-0.4, -0.2) is 21.3 Å². The lowest BCUT2D eigenvalue weighted by atomic mass is 9.89. The van der Waals surface area contributed by atoms with Crippen LogP contribution in [0, 0.1) is 0 Å². The van der Waals surface area contributed by atoms with E-state index in [0.29, 0.717) is 28.1 Å². The van der Waals surface area contributed by atoms with E-state index in [1.807, 2.05) is 24.3 Å². The van der Waals surface area contributed by atoms with E-state index in [9.17, 15) is 17.2 Å². The van der Waals surface area contributed by atoms with Crippen molar-refractivity contribution in [3.63, 3.8) is 0 Å². The molecule has 0 saturated heterocycles. The SMILES string of the molecule is CS(=O)(=O)Nc1ccc2c(c1)C(c1ccc(Br)cc1)Oc1cccc(OC(F)F)c1-2. The highest BCUT2D eigenvalue weighted by Gasteiger charge is 2.31. The Balaban J connectivity index is 1.90. The molecule has 5 nitrogen and oxygen atoms in total. The maximum Gasteiger partial charge on any atom is 0.387 e. The number of sulfonamides is 1. The van der Waals surface area contributed by atoms with E-state index < -0.39 is 22.7 Å². The van der Waals surface area contributed by atoms with E-state index in [0.717, 1.165) is 16.3 Å². The van der Waals surface area contributed by atoms with Gasteiger partial charge in [-0.05, 0) is 47.5 Å². The fraction of sp³-hybridized carbons (Fsp3) is 0.143. The van der Waals surface area contributed by atoms with Gasteiger partial charge < -0.3 is 9.47 Å². The molecule has 1 N–H and O–H groups in total. The highest BCUT2D eigenvalue weighted by atomic mass is 79.9. The first-order valence-electron chi connectivity index (χ1n) is 8.83. The van der Waals surface area contributed by atoms with Gasteiger partial charge in [0.15, 0.2) is 0 Å². The molecule has 30 heavy (non-hydrogen) atoms. The van der Waals surface area contributed by atoms with Crippen molar-refractivity contribution < 1.29 is 26.7 Å². The molecule has 1 aliphatic heterocycles. The van der Waals surface area contributed by atoms with Gasteiger partial charge in [-0.3, -0.25) is 4.72 Å². The summed E-state index contributed by atoms with van der Waals surface area (Å²) in [6.07, 6.45) is 0.489. The summed E-state index contributed by atoms with van der Waals surface area (Å²) in [6, 6.07) is 17.1. The summed E-state index contributed by atoms with van der Waals surface area (Å²) in [5.74, 6) is 0.388. The monoisotopic (exact) mass is 495 g/mol. The normalized spacial score (nSPS) is 15.2. The predicted octanol–water partition coefficient (Wildman–Crippen LogP) is 5.57. The second kappa shape index (κ2) is 7.88. The summed E-state index contributed by atoms with van der Waals surface area (Å²) in [7, 11) is -3.50.